The van der Waals surface area contributed by atoms with E-state index in [-0.39, 0.29) is 27.3 Å². The maximum Gasteiger partial charge on any atom is 0.324 e. The van der Waals surface area contributed by atoms with Crippen LogP contribution in [-0.2, 0) is 21.7 Å². The van der Waals surface area contributed by atoms with Crippen LogP contribution in [0.25, 0.3) is 5.69 Å². The highest BCUT2D eigenvalue weighted by Crippen LogP contribution is 2.30. The third-order valence-corrected chi connectivity index (χ3v) is 9.70. The number of aromatic nitrogens is 2. The molecule has 1 fully saturated rings. The van der Waals surface area contributed by atoms with Gasteiger partial charge in [-0.15, -0.1) is 0 Å². The fourth-order valence-electron chi connectivity index (χ4n) is 5.53. The van der Waals surface area contributed by atoms with Gasteiger partial charge >= 0.3 is 6.03 Å². The van der Waals surface area contributed by atoms with E-state index in [1.807, 2.05) is 61.5 Å². The van der Waals surface area contributed by atoms with E-state index < -0.39 is 9.84 Å². The quantitative estimate of drug-likeness (QED) is 0.216. The highest BCUT2D eigenvalue weighted by molar-refractivity contribution is 7.90. The molecule has 5 rings (SSSR count). The van der Waals surface area contributed by atoms with Gasteiger partial charge in [0.25, 0.3) is 5.91 Å². The van der Waals surface area contributed by atoms with E-state index >= 15 is 0 Å². The number of sulfone groups is 1. The first-order valence-electron chi connectivity index (χ1n) is 15.3. The number of para-hydroxylation sites is 1. The second-order valence-corrected chi connectivity index (χ2v) is 15.4. The Bertz CT molecular complexity index is 1850. The number of rotatable bonds is 7. The smallest absolute Gasteiger partial charge is 0.324 e. The van der Waals surface area contributed by atoms with E-state index in [0.717, 1.165) is 53.7 Å². The summed E-state index contributed by atoms with van der Waals surface area (Å²) in [6, 6.07) is 21.5. The first-order chi connectivity index (χ1) is 21.7. The molecule has 0 unspecified atom stereocenters. The second kappa shape index (κ2) is 13.3. The predicted octanol–water partition coefficient (Wildman–Crippen LogP) is 7.27. The molecule has 9 nitrogen and oxygen atoms in total. The lowest BCUT2D eigenvalue weighted by Gasteiger charge is -2.32. The largest absolute Gasteiger partial charge is 0.339 e. The number of hydrogen-bond donors (Lipinski definition) is 2. The van der Waals surface area contributed by atoms with Crippen molar-refractivity contribution in [2.45, 2.75) is 57.3 Å². The summed E-state index contributed by atoms with van der Waals surface area (Å²) in [4.78, 5) is 28.4. The molecule has 2 N–H and O–H groups in total. The predicted molar refractivity (Wildman–Crippen MR) is 183 cm³/mol. The van der Waals surface area contributed by atoms with E-state index in [9.17, 15) is 18.0 Å². The molecule has 0 atom stereocenters. The van der Waals surface area contributed by atoms with Crippen molar-refractivity contribution in [2.75, 3.05) is 30.0 Å². The number of carbonyl (C=O) groups is 2. The van der Waals surface area contributed by atoms with Gasteiger partial charge in [0.15, 0.2) is 9.84 Å². The Morgan fingerprint density at radius 1 is 0.957 bits per heavy atom. The third-order valence-electron chi connectivity index (χ3n) is 8.27. The van der Waals surface area contributed by atoms with Gasteiger partial charge in [0.2, 0.25) is 0 Å². The molecular weight excluding hydrogens is 622 g/mol. The summed E-state index contributed by atoms with van der Waals surface area (Å²) < 4.78 is 25.4. The summed E-state index contributed by atoms with van der Waals surface area (Å²) in [7, 11) is -3.42. The van der Waals surface area contributed by atoms with E-state index in [4.69, 9.17) is 16.7 Å². The van der Waals surface area contributed by atoms with Crippen LogP contribution in [0.2, 0.25) is 5.02 Å². The van der Waals surface area contributed by atoms with Crippen LogP contribution in [0, 0.1) is 12.8 Å². The maximum atomic E-state index is 13.3. The summed E-state index contributed by atoms with van der Waals surface area (Å²) in [6.07, 6.45) is 3.43. The van der Waals surface area contributed by atoms with Gasteiger partial charge in [-0.3, -0.25) is 10.1 Å². The molecule has 4 aromatic rings. The number of piperidine rings is 1. The van der Waals surface area contributed by atoms with Gasteiger partial charge in [0.05, 0.1) is 26.9 Å². The van der Waals surface area contributed by atoms with Crippen molar-refractivity contribution in [3.05, 3.63) is 100 Å². The number of aryl methyl sites for hydroxylation is 1. The Kier molecular flexibility index (Phi) is 9.60. The molecule has 3 aromatic carbocycles. The highest BCUT2D eigenvalue weighted by Gasteiger charge is 2.27. The van der Waals surface area contributed by atoms with Crippen LogP contribution >= 0.6 is 11.6 Å². The molecule has 242 valence electrons. The summed E-state index contributed by atoms with van der Waals surface area (Å²) in [6.45, 7) is 9.40. The van der Waals surface area contributed by atoms with E-state index in [1.165, 1.54) is 18.2 Å². The van der Waals surface area contributed by atoms with E-state index in [0.29, 0.717) is 30.4 Å². The first-order valence-corrected chi connectivity index (χ1v) is 17.6. The average molecular weight is 662 g/mol. The lowest BCUT2D eigenvalue weighted by molar-refractivity contribution is 0.0690. The van der Waals surface area contributed by atoms with Crippen molar-refractivity contribution in [3.8, 4) is 5.69 Å². The van der Waals surface area contributed by atoms with E-state index in [2.05, 4.69) is 31.4 Å². The van der Waals surface area contributed by atoms with Crippen LogP contribution in [0.1, 0.15) is 60.8 Å². The molecular formula is C35H40ClN5O4S. The van der Waals surface area contributed by atoms with Crippen molar-refractivity contribution < 1.29 is 18.0 Å². The molecule has 46 heavy (non-hydrogen) atoms. The van der Waals surface area contributed by atoms with Crippen molar-refractivity contribution in [2.24, 2.45) is 5.92 Å². The normalized spacial score (nSPS) is 14.3. The molecule has 1 aromatic heterocycles. The van der Waals surface area contributed by atoms with Crippen LogP contribution in [0.3, 0.4) is 0 Å². The number of amides is 3. The fraction of sp³-hybridized carbons (Fsp3) is 0.343. The number of carbonyl (C=O) groups excluding carboxylic acids is 2. The van der Waals surface area contributed by atoms with Crippen LogP contribution in [0.15, 0.2) is 77.7 Å². The van der Waals surface area contributed by atoms with Crippen LogP contribution < -0.4 is 10.6 Å². The molecule has 1 saturated heterocycles. The average Bonchev–Trinajstić information content (AvgIpc) is 3.42. The standard InChI is InChI=1S/C35H40ClN5O4S/c1-23-10-12-26(13-11-23)41-32(22-31(39-41)35(2,3)4)38-34(43)37-30-9-7-6-8-25(30)20-24-16-18-40(19-17-24)33(42)28-15-14-27(21-29(28)36)46(5,44)45/h6-15,21-22,24H,16-20H2,1-5H3,(H2,37,38,43). The minimum atomic E-state index is -3.42. The number of halogens is 1. The number of benzene rings is 3. The molecule has 0 saturated carbocycles. The van der Waals surface area contributed by atoms with Gasteiger partial charge in [-0.1, -0.05) is 68.3 Å². The second-order valence-electron chi connectivity index (χ2n) is 13.0. The summed E-state index contributed by atoms with van der Waals surface area (Å²) in [5, 5.41) is 11.0. The summed E-state index contributed by atoms with van der Waals surface area (Å²) in [5.74, 6) is 0.684. The minimum absolute atomic E-state index is 0.0836. The van der Waals surface area contributed by atoms with Crippen LogP contribution in [0.5, 0.6) is 0 Å². The van der Waals surface area contributed by atoms with Crippen molar-refractivity contribution >= 4 is 44.9 Å². The molecule has 0 aliphatic carbocycles. The zero-order chi connectivity index (χ0) is 33.2. The lowest BCUT2D eigenvalue weighted by Crippen LogP contribution is -2.39. The lowest BCUT2D eigenvalue weighted by atomic mass is 9.89. The third kappa shape index (κ3) is 7.79. The van der Waals surface area contributed by atoms with Gasteiger partial charge in [-0.05, 0) is 74.1 Å². The highest BCUT2D eigenvalue weighted by atomic mass is 35.5. The van der Waals surface area contributed by atoms with Gasteiger partial charge < -0.3 is 10.2 Å². The summed E-state index contributed by atoms with van der Waals surface area (Å²) >= 11 is 6.31. The molecule has 3 amide bonds. The number of nitrogens with one attached hydrogen (secondary N) is 2. The zero-order valence-corrected chi connectivity index (χ0v) is 28.4. The number of hydrogen-bond acceptors (Lipinski definition) is 5. The van der Waals surface area contributed by atoms with Crippen molar-refractivity contribution in [3.63, 3.8) is 0 Å². The molecule has 11 heteroatoms. The maximum absolute atomic E-state index is 13.3. The Morgan fingerprint density at radius 3 is 2.26 bits per heavy atom. The Balaban J connectivity index is 1.23. The monoisotopic (exact) mass is 661 g/mol. The first kappa shape index (κ1) is 33.2. The topological polar surface area (TPSA) is 113 Å². The molecule has 0 spiro atoms. The van der Waals surface area contributed by atoms with Gasteiger partial charge in [-0.25, -0.2) is 17.9 Å². The SMILES string of the molecule is Cc1ccc(-n2nc(C(C)(C)C)cc2NC(=O)Nc2ccccc2CC2CCN(C(=O)c3ccc(S(C)(=O)=O)cc3Cl)CC2)cc1. The number of likely N-dealkylation sites (tertiary alicyclic amines) is 1. The van der Waals surface area contributed by atoms with Crippen molar-refractivity contribution in [1.29, 1.82) is 0 Å². The van der Waals surface area contributed by atoms with E-state index in [1.54, 1.807) is 9.58 Å². The number of nitrogens with zero attached hydrogens (tertiary/aromatic N) is 3. The van der Waals surface area contributed by atoms with Gasteiger partial charge in [0, 0.05) is 36.5 Å². The number of anilines is 2. The van der Waals surface area contributed by atoms with Gasteiger partial charge in [-0.2, -0.15) is 5.10 Å². The van der Waals surface area contributed by atoms with Crippen molar-refractivity contribution in [1.82, 2.24) is 14.7 Å². The zero-order valence-electron chi connectivity index (χ0n) is 26.8. The Hall–Kier alpha value is -4.15. The number of urea groups is 1. The Morgan fingerprint density at radius 2 is 1.63 bits per heavy atom. The van der Waals surface area contributed by atoms with Gasteiger partial charge in [0.1, 0.15) is 5.82 Å². The Labute approximate surface area is 275 Å². The molecule has 1 aliphatic rings. The molecule has 2 heterocycles. The minimum Gasteiger partial charge on any atom is -0.339 e. The van der Waals surface area contributed by atoms with Crippen LogP contribution in [-0.4, -0.2) is 54.4 Å². The van der Waals surface area contributed by atoms with Crippen LogP contribution in [0.4, 0.5) is 16.3 Å². The molecule has 0 bridgehead atoms. The summed E-state index contributed by atoms with van der Waals surface area (Å²) in [5.41, 5.74) is 4.70. The fourth-order valence-corrected chi connectivity index (χ4v) is 6.50. The molecule has 0 radical (unpaired) electrons. The molecule has 1 aliphatic heterocycles.